The lowest BCUT2D eigenvalue weighted by Crippen LogP contribution is -2.42. The first-order valence-electron chi connectivity index (χ1n) is 5.67. The van der Waals surface area contributed by atoms with Crippen molar-refractivity contribution in [2.45, 2.75) is 45.6 Å². The zero-order valence-electron chi connectivity index (χ0n) is 9.29. The average molecular weight is 199 g/mol. The number of nitrogens with zero attached hydrogens (tertiary/aromatic N) is 1. The van der Waals surface area contributed by atoms with Crippen molar-refractivity contribution in [3.63, 3.8) is 0 Å². The summed E-state index contributed by atoms with van der Waals surface area (Å²) in [6.45, 7) is 6.06. The third kappa shape index (κ3) is 3.29. The number of hydrogen-bond acceptors (Lipinski definition) is 3. The SMILES string of the molecule is CCOC(=O)CN1CCCC[C@H]1CC. The number of rotatable bonds is 4. The van der Waals surface area contributed by atoms with Crippen LogP contribution in [-0.4, -0.2) is 36.6 Å². The number of esters is 1. The van der Waals surface area contributed by atoms with Crippen LogP contribution in [-0.2, 0) is 9.53 Å². The normalized spacial score (nSPS) is 23.4. The van der Waals surface area contributed by atoms with Gasteiger partial charge in [0.05, 0.1) is 13.2 Å². The Bertz CT molecular complexity index is 182. The molecule has 0 N–H and O–H groups in total. The minimum Gasteiger partial charge on any atom is -0.465 e. The highest BCUT2D eigenvalue weighted by atomic mass is 16.5. The van der Waals surface area contributed by atoms with Gasteiger partial charge in [-0.2, -0.15) is 0 Å². The maximum absolute atomic E-state index is 11.3. The zero-order valence-corrected chi connectivity index (χ0v) is 9.29. The van der Waals surface area contributed by atoms with Crippen molar-refractivity contribution >= 4 is 5.97 Å². The van der Waals surface area contributed by atoms with Gasteiger partial charge in [0.15, 0.2) is 0 Å². The maximum atomic E-state index is 11.3. The van der Waals surface area contributed by atoms with Crippen LogP contribution < -0.4 is 0 Å². The fourth-order valence-electron chi connectivity index (χ4n) is 2.10. The van der Waals surface area contributed by atoms with Crippen LogP contribution in [0.25, 0.3) is 0 Å². The summed E-state index contributed by atoms with van der Waals surface area (Å²) in [5.41, 5.74) is 0. The van der Waals surface area contributed by atoms with E-state index < -0.39 is 0 Å². The summed E-state index contributed by atoms with van der Waals surface area (Å²) in [5, 5.41) is 0. The number of piperidine rings is 1. The molecule has 0 amide bonds. The minimum absolute atomic E-state index is 0.0761. The fraction of sp³-hybridized carbons (Fsp3) is 0.909. The van der Waals surface area contributed by atoms with Crippen LogP contribution >= 0.6 is 0 Å². The predicted molar refractivity (Wildman–Crippen MR) is 56.1 cm³/mol. The van der Waals surface area contributed by atoms with Gasteiger partial charge in [0.25, 0.3) is 0 Å². The van der Waals surface area contributed by atoms with Gasteiger partial charge < -0.3 is 4.74 Å². The van der Waals surface area contributed by atoms with Crippen LogP contribution in [0.3, 0.4) is 0 Å². The molecule has 0 saturated carbocycles. The third-order valence-corrected chi connectivity index (χ3v) is 2.86. The molecule has 1 saturated heterocycles. The van der Waals surface area contributed by atoms with Crippen molar-refractivity contribution in [2.24, 2.45) is 0 Å². The van der Waals surface area contributed by atoms with E-state index >= 15 is 0 Å². The molecule has 0 unspecified atom stereocenters. The Morgan fingerprint density at radius 1 is 1.43 bits per heavy atom. The predicted octanol–water partition coefficient (Wildman–Crippen LogP) is 1.81. The van der Waals surface area contributed by atoms with Gasteiger partial charge in [0.2, 0.25) is 0 Å². The number of ether oxygens (including phenoxy) is 1. The molecule has 0 aromatic rings. The first-order valence-corrected chi connectivity index (χ1v) is 5.67. The van der Waals surface area contributed by atoms with E-state index in [9.17, 15) is 4.79 Å². The summed E-state index contributed by atoms with van der Waals surface area (Å²) < 4.78 is 4.96. The molecule has 1 fully saturated rings. The van der Waals surface area contributed by atoms with Crippen molar-refractivity contribution in [1.82, 2.24) is 4.90 Å². The monoisotopic (exact) mass is 199 g/mol. The van der Waals surface area contributed by atoms with E-state index in [0.717, 1.165) is 13.0 Å². The van der Waals surface area contributed by atoms with Crippen molar-refractivity contribution < 1.29 is 9.53 Å². The van der Waals surface area contributed by atoms with Crippen LogP contribution in [0.2, 0.25) is 0 Å². The molecule has 3 nitrogen and oxygen atoms in total. The molecule has 0 aromatic heterocycles. The molecular weight excluding hydrogens is 178 g/mol. The van der Waals surface area contributed by atoms with E-state index in [-0.39, 0.29) is 5.97 Å². The molecule has 3 heteroatoms. The molecule has 0 bridgehead atoms. The molecule has 0 aromatic carbocycles. The Hall–Kier alpha value is -0.570. The Kier molecular flexibility index (Phi) is 4.94. The van der Waals surface area contributed by atoms with E-state index in [0.29, 0.717) is 19.2 Å². The Morgan fingerprint density at radius 3 is 2.86 bits per heavy atom. The van der Waals surface area contributed by atoms with Gasteiger partial charge in [0.1, 0.15) is 0 Å². The van der Waals surface area contributed by atoms with E-state index in [1.807, 2.05) is 6.92 Å². The standard InChI is InChI=1S/C11H21NO2/c1-3-10-7-5-6-8-12(10)9-11(13)14-4-2/h10H,3-9H2,1-2H3/t10-/m1/s1. The van der Waals surface area contributed by atoms with E-state index in [1.165, 1.54) is 19.3 Å². The summed E-state index contributed by atoms with van der Waals surface area (Å²) in [5.74, 6) is -0.0761. The van der Waals surface area contributed by atoms with Crippen molar-refractivity contribution in [3.8, 4) is 0 Å². The first kappa shape index (κ1) is 11.5. The molecule has 1 aliphatic rings. The molecule has 0 spiro atoms. The second-order valence-corrected chi connectivity index (χ2v) is 3.83. The number of carbonyl (C=O) groups excluding carboxylic acids is 1. The molecule has 1 aliphatic heterocycles. The number of carbonyl (C=O) groups is 1. The van der Waals surface area contributed by atoms with E-state index in [1.54, 1.807) is 0 Å². The van der Waals surface area contributed by atoms with Crippen molar-refractivity contribution in [2.75, 3.05) is 19.7 Å². The van der Waals surface area contributed by atoms with Gasteiger partial charge in [-0.1, -0.05) is 13.3 Å². The van der Waals surface area contributed by atoms with Crippen LogP contribution in [0.1, 0.15) is 39.5 Å². The Morgan fingerprint density at radius 2 is 2.21 bits per heavy atom. The lowest BCUT2D eigenvalue weighted by Gasteiger charge is -2.34. The molecule has 1 atom stereocenters. The minimum atomic E-state index is -0.0761. The lowest BCUT2D eigenvalue weighted by atomic mass is 10.0. The summed E-state index contributed by atoms with van der Waals surface area (Å²) in [7, 11) is 0. The highest BCUT2D eigenvalue weighted by molar-refractivity contribution is 5.71. The Balaban J connectivity index is 2.36. The average Bonchev–Trinajstić information content (AvgIpc) is 2.19. The largest absolute Gasteiger partial charge is 0.465 e. The summed E-state index contributed by atoms with van der Waals surface area (Å²) in [4.78, 5) is 13.6. The lowest BCUT2D eigenvalue weighted by molar-refractivity contribution is -0.145. The maximum Gasteiger partial charge on any atom is 0.320 e. The van der Waals surface area contributed by atoms with Crippen molar-refractivity contribution in [1.29, 1.82) is 0 Å². The van der Waals surface area contributed by atoms with Gasteiger partial charge in [-0.15, -0.1) is 0 Å². The highest BCUT2D eigenvalue weighted by Crippen LogP contribution is 2.18. The van der Waals surface area contributed by atoms with Crippen LogP contribution in [0, 0.1) is 0 Å². The van der Waals surface area contributed by atoms with E-state index in [4.69, 9.17) is 4.74 Å². The molecule has 82 valence electrons. The molecule has 1 heterocycles. The number of hydrogen-bond donors (Lipinski definition) is 0. The highest BCUT2D eigenvalue weighted by Gasteiger charge is 2.22. The molecule has 0 radical (unpaired) electrons. The van der Waals surface area contributed by atoms with Crippen molar-refractivity contribution in [3.05, 3.63) is 0 Å². The molecule has 14 heavy (non-hydrogen) atoms. The third-order valence-electron chi connectivity index (χ3n) is 2.86. The number of likely N-dealkylation sites (tertiary alicyclic amines) is 1. The topological polar surface area (TPSA) is 29.5 Å². The second-order valence-electron chi connectivity index (χ2n) is 3.83. The second kappa shape index (κ2) is 6.02. The smallest absolute Gasteiger partial charge is 0.320 e. The summed E-state index contributed by atoms with van der Waals surface area (Å²) in [6.07, 6.45) is 4.89. The summed E-state index contributed by atoms with van der Waals surface area (Å²) >= 11 is 0. The molecular formula is C11H21NO2. The van der Waals surface area contributed by atoms with Crippen LogP contribution in [0.5, 0.6) is 0 Å². The van der Waals surface area contributed by atoms with Crippen LogP contribution in [0.15, 0.2) is 0 Å². The van der Waals surface area contributed by atoms with Gasteiger partial charge in [-0.3, -0.25) is 9.69 Å². The Labute approximate surface area is 86.4 Å². The van der Waals surface area contributed by atoms with Gasteiger partial charge in [0, 0.05) is 6.04 Å². The van der Waals surface area contributed by atoms with Gasteiger partial charge in [-0.05, 0) is 32.7 Å². The van der Waals surface area contributed by atoms with E-state index in [2.05, 4.69) is 11.8 Å². The molecule has 1 rings (SSSR count). The zero-order chi connectivity index (χ0) is 10.4. The summed E-state index contributed by atoms with van der Waals surface area (Å²) in [6, 6.07) is 0.591. The molecule has 0 aliphatic carbocycles. The van der Waals surface area contributed by atoms with Gasteiger partial charge in [-0.25, -0.2) is 0 Å². The van der Waals surface area contributed by atoms with Crippen LogP contribution in [0.4, 0.5) is 0 Å². The quantitative estimate of drug-likeness (QED) is 0.647. The first-order chi connectivity index (χ1) is 6.77. The van der Waals surface area contributed by atoms with Gasteiger partial charge >= 0.3 is 5.97 Å². The fourth-order valence-corrected chi connectivity index (χ4v) is 2.10.